The van der Waals surface area contributed by atoms with Gasteiger partial charge < -0.3 is 9.69 Å². The van der Waals surface area contributed by atoms with Crippen molar-refractivity contribution in [2.75, 3.05) is 13.1 Å². The Kier molecular flexibility index (Phi) is 6.31. The summed E-state index contributed by atoms with van der Waals surface area (Å²) in [7, 11) is 0. The van der Waals surface area contributed by atoms with E-state index in [1.54, 1.807) is 6.07 Å². The van der Waals surface area contributed by atoms with E-state index in [1.807, 2.05) is 23.1 Å². The molecule has 0 spiro atoms. The van der Waals surface area contributed by atoms with E-state index in [9.17, 15) is 4.79 Å². The van der Waals surface area contributed by atoms with Gasteiger partial charge in [0.25, 0.3) is 0 Å². The van der Waals surface area contributed by atoms with Crippen molar-refractivity contribution in [2.24, 2.45) is 5.92 Å². The molecule has 0 aliphatic carbocycles. The predicted octanol–water partition coefficient (Wildman–Crippen LogP) is 0.586. The molecule has 0 N–H and O–H groups in total. The largest absolute Gasteiger partial charge is 1.00 e. The summed E-state index contributed by atoms with van der Waals surface area (Å²) in [6, 6.07) is 21.1. The van der Waals surface area contributed by atoms with Crippen molar-refractivity contribution >= 4 is 5.91 Å². The summed E-state index contributed by atoms with van der Waals surface area (Å²) in [6.45, 7) is 1.72. The zero-order valence-corrected chi connectivity index (χ0v) is 13.2. The molecule has 22 heavy (non-hydrogen) atoms. The van der Waals surface area contributed by atoms with Crippen LogP contribution < -0.4 is 18.9 Å². The van der Waals surface area contributed by atoms with Crippen LogP contribution in [0, 0.1) is 12.0 Å². The van der Waals surface area contributed by atoms with Crippen molar-refractivity contribution in [3.63, 3.8) is 0 Å². The second kappa shape index (κ2) is 8.22. The summed E-state index contributed by atoms with van der Waals surface area (Å²) in [6.07, 6.45) is 3.31. The number of carbonyl (C=O) groups excluding carboxylic acids is 1. The number of nitrogens with zero attached hydrogens (tertiary/aromatic N) is 1. The Morgan fingerprint density at radius 3 is 2.36 bits per heavy atom. The average molecular weight is 285 g/mol. The molecule has 2 aromatic carbocycles. The summed E-state index contributed by atoms with van der Waals surface area (Å²) in [4.78, 5) is 14.3. The van der Waals surface area contributed by atoms with Crippen LogP contribution in [0.4, 0.5) is 0 Å². The van der Waals surface area contributed by atoms with E-state index >= 15 is 0 Å². The summed E-state index contributed by atoms with van der Waals surface area (Å²) >= 11 is 0. The first-order valence-electron chi connectivity index (χ1n) is 7.63. The topological polar surface area (TPSA) is 20.3 Å². The Labute approximate surface area is 144 Å². The van der Waals surface area contributed by atoms with E-state index in [0.29, 0.717) is 11.5 Å². The third-order valence-electron chi connectivity index (χ3n) is 4.21. The molecule has 1 fully saturated rings. The number of likely N-dealkylation sites (tertiary alicyclic amines) is 1. The van der Waals surface area contributed by atoms with Crippen LogP contribution in [0.1, 0.15) is 28.8 Å². The second-order valence-electron chi connectivity index (χ2n) is 5.70. The van der Waals surface area contributed by atoms with E-state index < -0.39 is 0 Å². The Morgan fingerprint density at radius 1 is 1.05 bits per heavy atom. The predicted molar refractivity (Wildman–Crippen MR) is 84.1 cm³/mol. The fourth-order valence-corrected chi connectivity index (χ4v) is 2.98. The molecule has 3 heteroatoms. The molecule has 1 aliphatic heterocycles. The standard InChI is InChI=1S/C19H20NO.Li/c21-19(18-9-5-2-6-10-18)20-13-11-17(12-14-20)15-16-7-3-1-4-8-16;/h1-9,17H,11-15H2;/q-1;+1. The maximum atomic E-state index is 12.4. The Balaban J connectivity index is 0.00000176. The van der Waals surface area contributed by atoms with E-state index in [2.05, 4.69) is 36.4 Å². The van der Waals surface area contributed by atoms with Crippen molar-refractivity contribution in [3.8, 4) is 0 Å². The van der Waals surface area contributed by atoms with Gasteiger partial charge in [0.1, 0.15) is 0 Å². The Bertz CT molecular complexity index is 577. The van der Waals surface area contributed by atoms with E-state index in [4.69, 9.17) is 0 Å². The minimum absolute atomic E-state index is 0. The molecule has 0 unspecified atom stereocenters. The van der Waals surface area contributed by atoms with Crippen LogP contribution in [-0.4, -0.2) is 23.9 Å². The molecule has 0 atom stereocenters. The van der Waals surface area contributed by atoms with Crippen LogP contribution in [0.15, 0.2) is 54.6 Å². The van der Waals surface area contributed by atoms with Gasteiger partial charge in [-0.25, -0.2) is 0 Å². The molecule has 3 rings (SSSR count). The summed E-state index contributed by atoms with van der Waals surface area (Å²) < 4.78 is 0. The maximum absolute atomic E-state index is 12.4. The van der Waals surface area contributed by atoms with Crippen LogP contribution >= 0.6 is 0 Å². The van der Waals surface area contributed by atoms with E-state index in [-0.39, 0.29) is 24.8 Å². The molecule has 1 heterocycles. The van der Waals surface area contributed by atoms with Gasteiger partial charge in [0, 0.05) is 13.1 Å². The molecule has 2 aromatic rings. The zero-order chi connectivity index (χ0) is 14.5. The fourth-order valence-electron chi connectivity index (χ4n) is 2.98. The molecular formula is C19H20LiNO. The van der Waals surface area contributed by atoms with Gasteiger partial charge in [-0.15, -0.1) is 30.3 Å². The van der Waals surface area contributed by atoms with Crippen LogP contribution in [-0.2, 0) is 6.42 Å². The number of amides is 1. The van der Waals surface area contributed by atoms with Gasteiger partial charge >= 0.3 is 18.9 Å². The van der Waals surface area contributed by atoms with Gasteiger partial charge in [0.2, 0.25) is 0 Å². The Hall–Kier alpha value is -1.49. The number of piperidine rings is 1. The van der Waals surface area contributed by atoms with Gasteiger partial charge in [-0.1, -0.05) is 35.9 Å². The SMILES string of the molecule is O=C(c1[c-]cccc1)N1CCC(Cc2ccccc2)CC1.[Li+]. The molecule has 0 radical (unpaired) electrons. The first kappa shape index (κ1) is 16.9. The number of hydrogen-bond donors (Lipinski definition) is 0. The van der Waals surface area contributed by atoms with Crippen molar-refractivity contribution in [2.45, 2.75) is 19.3 Å². The minimum atomic E-state index is 0. The normalized spacial score (nSPS) is 15.2. The number of carbonyl (C=O) groups is 1. The van der Waals surface area contributed by atoms with Crippen molar-refractivity contribution in [3.05, 3.63) is 71.8 Å². The molecule has 1 saturated heterocycles. The van der Waals surface area contributed by atoms with E-state index in [1.165, 1.54) is 5.56 Å². The molecule has 2 nitrogen and oxygen atoms in total. The quantitative estimate of drug-likeness (QED) is 0.597. The number of hydrogen-bond acceptors (Lipinski definition) is 1. The molecule has 0 bridgehead atoms. The number of benzene rings is 2. The second-order valence-corrected chi connectivity index (χ2v) is 5.70. The van der Waals surface area contributed by atoms with Crippen LogP contribution in [0.2, 0.25) is 0 Å². The molecule has 108 valence electrons. The van der Waals surface area contributed by atoms with Crippen LogP contribution in [0.5, 0.6) is 0 Å². The monoisotopic (exact) mass is 285 g/mol. The summed E-state index contributed by atoms with van der Waals surface area (Å²) in [5, 5.41) is 0. The molecule has 1 aliphatic rings. The van der Waals surface area contributed by atoms with Gasteiger partial charge in [-0.3, -0.25) is 0 Å². The molecule has 0 aromatic heterocycles. The maximum Gasteiger partial charge on any atom is 1.00 e. The van der Waals surface area contributed by atoms with Crippen molar-refractivity contribution in [1.29, 1.82) is 0 Å². The van der Waals surface area contributed by atoms with Gasteiger partial charge in [0.15, 0.2) is 5.91 Å². The first-order valence-corrected chi connectivity index (χ1v) is 7.63. The van der Waals surface area contributed by atoms with Crippen molar-refractivity contribution in [1.82, 2.24) is 4.90 Å². The average Bonchev–Trinajstić information content (AvgIpc) is 2.57. The van der Waals surface area contributed by atoms with Gasteiger partial charge in [-0.05, 0) is 30.7 Å². The Morgan fingerprint density at radius 2 is 1.73 bits per heavy atom. The molecular weight excluding hydrogens is 265 g/mol. The summed E-state index contributed by atoms with van der Waals surface area (Å²) in [5.74, 6) is 0.810. The first-order chi connectivity index (χ1) is 10.3. The third-order valence-corrected chi connectivity index (χ3v) is 4.21. The van der Waals surface area contributed by atoms with Crippen LogP contribution in [0.25, 0.3) is 0 Å². The smallest absolute Gasteiger partial charge is 0.378 e. The van der Waals surface area contributed by atoms with E-state index in [0.717, 1.165) is 32.4 Å². The van der Waals surface area contributed by atoms with Gasteiger partial charge in [0.05, 0.1) is 0 Å². The molecule has 0 saturated carbocycles. The van der Waals surface area contributed by atoms with Gasteiger partial charge in [-0.2, -0.15) is 0 Å². The van der Waals surface area contributed by atoms with Crippen LogP contribution in [0.3, 0.4) is 0 Å². The zero-order valence-electron chi connectivity index (χ0n) is 13.2. The third kappa shape index (κ3) is 4.26. The fraction of sp³-hybridized carbons (Fsp3) is 0.316. The molecule has 1 amide bonds. The number of rotatable bonds is 3. The summed E-state index contributed by atoms with van der Waals surface area (Å²) in [5.41, 5.74) is 2.08. The van der Waals surface area contributed by atoms with Crippen molar-refractivity contribution < 1.29 is 23.7 Å². The minimum Gasteiger partial charge on any atom is -0.378 e.